The van der Waals surface area contributed by atoms with E-state index in [0.29, 0.717) is 5.69 Å². The van der Waals surface area contributed by atoms with Gasteiger partial charge in [0, 0.05) is 24.7 Å². The molecule has 0 radical (unpaired) electrons. The van der Waals surface area contributed by atoms with Crippen LogP contribution in [-0.4, -0.2) is 38.8 Å². The van der Waals surface area contributed by atoms with Crippen molar-refractivity contribution in [1.82, 2.24) is 9.62 Å². The highest BCUT2D eigenvalue weighted by Crippen LogP contribution is 2.24. The largest absolute Gasteiger partial charge is 0.398 e. The van der Waals surface area contributed by atoms with Crippen LogP contribution in [0.2, 0.25) is 0 Å². The number of thiophene rings is 1. The second-order valence-electron chi connectivity index (χ2n) is 3.30. The van der Waals surface area contributed by atoms with Crippen molar-refractivity contribution in [3.05, 3.63) is 11.4 Å². The van der Waals surface area contributed by atoms with Crippen molar-refractivity contribution in [3.8, 4) is 0 Å². The van der Waals surface area contributed by atoms with Crippen LogP contribution in [0.15, 0.2) is 15.7 Å². The Morgan fingerprint density at radius 1 is 1.59 bits per heavy atom. The molecule has 1 aromatic rings. The number of carbonyl (C=O) groups excluding carboxylic acids is 1. The zero-order valence-corrected chi connectivity index (χ0v) is 11.3. The first kappa shape index (κ1) is 13.9. The zero-order valence-electron chi connectivity index (χ0n) is 9.63. The molecule has 0 aromatic carbocycles. The van der Waals surface area contributed by atoms with Gasteiger partial charge in [-0.25, -0.2) is 8.42 Å². The van der Waals surface area contributed by atoms with Crippen LogP contribution in [0, 0.1) is 0 Å². The summed E-state index contributed by atoms with van der Waals surface area (Å²) in [5, 5.41) is 3.95. The van der Waals surface area contributed by atoms with E-state index in [1.54, 1.807) is 12.3 Å². The number of carbonyl (C=O) groups is 1. The molecule has 0 fully saturated rings. The van der Waals surface area contributed by atoms with Gasteiger partial charge in [0.15, 0.2) is 0 Å². The number of hydrogen-bond acceptors (Lipinski definition) is 5. The van der Waals surface area contributed by atoms with E-state index in [2.05, 4.69) is 5.32 Å². The van der Waals surface area contributed by atoms with E-state index in [9.17, 15) is 13.2 Å². The molecule has 8 heteroatoms. The Balaban J connectivity index is 2.98. The molecule has 1 rings (SSSR count). The Morgan fingerprint density at radius 2 is 2.24 bits per heavy atom. The van der Waals surface area contributed by atoms with Crippen molar-refractivity contribution in [2.75, 3.05) is 25.9 Å². The Morgan fingerprint density at radius 3 is 2.65 bits per heavy atom. The predicted molar refractivity (Wildman–Crippen MR) is 67.2 cm³/mol. The van der Waals surface area contributed by atoms with Crippen LogP contribution >= 0.6 is 11.3 Å². The fraction of sp³-hybridized carbons (Fsp3) is 0.444. The van der Waals surface area contributed by atoms with Gasteiger partial charge in [-0.3, -0.25) is 4.79 Å². The van der Waals surface area contributed by atoms with Gasteiger partial charge >= 0.3 is 0 Å². The second kappa shape index (κ2) is 5.48. The van der Waals surface area contributed by atoms with Crippen molar-refractivity contribution in [2.45, 2.75) is 11.1 Å². The van der Waals surface area contributed by atoms with E-state index >= 15 is 0 Å². The average Bonchev–Trinajstić information content (AvgIpc) is 2.72. The number of sulfonamides is 1. The minimum atomic E-state index is -3.62. The van der Waals surface area contributed by atoms with E-state index < -0.39 is 10.0 Å². The highest BCUT2D eigenvalue weighted by atomic mass is 32.2. The van der Waals surface area contributed by atoms with Gasteiger partial charge in [-0.15, -0.1) is 11.3 Å². The number of amides is 1. The number of rotatable bonds is 5. The highest BCUT2D eigenvalue weighted by Gasteiger charge is 2.26. The lowest BCUT2D eigenvalue weighted by Crippen LogP contribution is -2.39. The van der Waals surface area contributed by atoms with E-state index in [4.69, 9.17) is 5.73 Å². The van der Waals surface area contributed by atoms with Crippen LogP contribution in [-0.2, 0) is 14.8 Å². The summed E-state index contributed by atoms with van der Waals surface area (Å²) in [6, 6.07) is 1.40. The van der Waals surface area contributed by atoms with E-state index in [1.807, 2.05) is 0 Å². The van der Waals surface area contributed by atoms with Gasteiger partial charge in [-0.05, 0) is 6.07 Å². The Kier molecular flexibility index (Phi) is 4.49. The molecule has 3 N–H and O–H groups in total. The fourth-order valence-electron chi connectivity index (χ4n) is 1.20. The third kappa shape index (κ3) is 3.18. The first-order valence-electron chi connectivity index (χ1n) is 4.96. The first-order valence-corrected chi connectivity index (χ1v) is 7.28. The minimum absolute atomic E-state index is 0.153. The summed E-state index contributed by atoms with van der Waals surface area (Å²) >= 11 is 1.05. The fourth-order valence-corrected chi connectivity index (χ4v) is 3.84. The second-order valence-corrected chi connectivity index (χ2v) is 6.38. The molecule has 1 aromatic heterocycles. The first-order chi connectivity index (χ1) is 7.91. The highest BCUT2D eigenvalue weighted by molar-refractivity contribution is 7.91. The van der Waals surface area contributed by atoms with Crippen molar-refractivity contribution in [2.24, 2.45) is 0 Å². The maximum Gasteiger partial charge on any atom is 0.253 e. The van der Waals surface area contributed by atoms with Gasteiger partial charge in [0.2, 0.25) is 5.91 Å². The van der Waals surface area contributed by atoms with Crippen molar-refractivity contribution in [3.63, 3.8) is 0 Å². The maximum atomic E-state index is 12.1. The molecule has 1 amide bonds. The van der Waals surface area contributed by atoms with Crippen molar-refractivity contribution >= 4 is 33.0 Å². The molecular weight excluding hydrogens is 262 g/mol. The SMILES string of the molecule is CCN(CC(=O)NC)S(=O)(=O)c1cc(N)cs1. The van der Waals surface area contributed by atoms with Gasteiger partial charge < -0.3 is 11.1 Å². The van der Waals surface area contributed by atoms with Gasteiger partial charge in [0.1, 0.15) is 4.21 Å². The van der Waals surface area contributed by atoms with Crippen LogP contribution in [0.25, 0.3) is 0 Å². The Labute approximate surface area is 104 Å². The summed E-state index contributed by atoms with van der Waals surface area (Å²) in [6.07, 6.45) is 0. The Hall–Kier alpha value is -1.12. The molecule has 0 aliphatic heterocycles. The lowest BCUT2D eigenvalue weighted by Gasteiger charge is -2.18. The smallest absolute Gasteiger partial charge is 0.253 e. The molecule has 0 aliphatic carbocycles. The molecular formula is C9H15N3O3S2. The molecule has 0 bridgehead atoms. The van der Waals surface area contributed by atoms with E-state index in [1.165, 1.54) is 13.1 Å². The van der Waals surface area contributed by atoms with Gasteiger partial charge in [0.05, 0.1) is 6.54 Å². The lowest BCUT2D eigenvalue weighted by atomic mass is 10.5. The van der Waals surface area contributed by atoms with Crippen LogP contribution in [0.3, 0.4) is 0 Å². The van der Waals surface area contributed by atoms with Crippen molar-refractivity contribution < 1.29 is 13.2 Å². The Bertz CT molecular complexity index is 495. The topological polar surface area (TPSA) is 92.5 Å². The molecule has 0 spiro atoms. The number of nitrogens with two attached hydrogens (primary N) is 1. The predicted octanol–water partition coefficient (Wildman–Crippen LogP) is 0.0869. The third-order valence-electron chi connectivity index (χ3n) is 2.14. The molecule has 96 valence electrons. The maximum absolute atomic E-state index is 12.1. The number of nitrogen functional groups attached to an aromatic ring is 1. The molecule has 6 nitrogen and oxygen atoms in total. The third-order valence-corrected chi connectivity index (χ3v) is 5.50. The van der Waals surface area contributed by atoms with Crippen LogP contribution in [0.4, 0.5) is 5.69 Å². The molecule has 0 saturated heterocycles. The number of likely N-dealkylation sites (N-methyl/N-ethyl adjacent to an activating group) is 2. The molecule has 1 heterocycles. The zero-order chi connectivity index (χ0) is 13.1. The standard InChI is InChI=1S/C9H15N3O3S2/c1-3-12(5-8(13)11-2)17(14,15)9-4-7(10)6-16-9/h4,6H,3,5,10H2,1-2H3,(H,11,13). The normalized spacial score (nSPS) is 11.7. The minimum Gasteiger partial charge on any atom is -0.398 e. The summed E-state index contributed by atoms with van der Waals surface area (Å²) < 4.78 is 25.5. The van der Waals surface area contributed by atoms with Crippen LogP contribution in [0.5, 0.6) is 0 Å². The monoisotopic (exact) mass is 277 g/mol. The van der Waals surface area contributed by atoms with Crippen molar-refractivity contribution in [1.29, 1.82) is 0 Å². The summed E-state index contributed by atoms with van der Waals surface area (Å²) in [6.45, 7) is 1.72. The molecule has 0 saturated carbocycles. The number of hydrogen-bond donors (Lipinski definition) is 2. The number of nitrogens with zero attached hydrogens (tertiary/aromatic N) is 1. The number of nitrogens with one attached hydrogen (secondary N) is 1. The molecule has 17 heavy (non-hydrogen) atoms. The van der Waals surface area contributed by atoms with Gasteiger partial charge in [-0.1, -0.05) is 6.92 Å². The van der Waals surface area contributed by atoms with E-state index in [0.717, 1.165) is 15.6 Å². The lowest BCUT2D eigenvalue weighted by molar-refractivity contribution is -0.120. The van der Waals surface area contributed by atoms with Gasteiger partial charge in [0.25, 0.3) is 10.0 Å². The summed E-state index contributed by atoms with van der Waals surface area (Å²) in [5.74, 6) is -0.347. The summed E-state index contributed by atoms with van der Waals surface area (Å²) in [7, 11) is -2.16. The van der Waals surface area contributed by atoms with E-state index in [-0.39, 0.29) is 23.2 Å². The van der Waals surface area contributed by atoms with Crippen LogP contribution < -0.4 is 11.1 Å². The van der Waals surface area contributed by atoms with Gasteiger partial charge in [-0.2, -0.15) is 4.31 Å². The summed E-state index contributed by atoms with van der Waals surface area (Å²) in [4.78, 5) is 11.2. The molecule has 0 aliphatic rings. The quantitative estimate of drug-likeness (QED) is 0.797. The number of anilines is 1. The average molecular weight is 277 g/mol. The molecule has 0 atom stereocenters. The van der Waals surface area contributed by atoms with Crippen LogP contribution in [0.1, 0.15) is 6.92 Å². The summed E-state index contributed by atoms with van der Waals surface area (Å²) in [5.41, 5.74) is 5.90. The molecule has 0 unspecified atom stereocenters.